The molecule has 1 heterocycles. The van der Waals surface area contributed by atoms with E-state index in [9.17, 15) is 19.7 Å². The van der Waals surface area contributed by atoms with E-state index in [0.29, 0.717) is 5.75 Å². The number of benzene rings is 2. The van der Waals surface area contributed by atoms with Crippen molar-refractivity contribution in [2.45, 2.75) is 6.54 Å². The fourth-order valence-electron chi connectivity index (χ4n) is 2.52. The van der Waals surface area contributed by atoms with Crippen molar-refractivity contribution in [1.29, 1.82) is 0 Å². The molecule has 0 fully saturated rings. The Labute approximate surface area is 131 Å². The maximum atomic E-state index is 12.4. The van der Waals surface area contributed by atoms with Crippen LogP contribution in [0.5, 0.6) is 5.75 Å². The minimum atomic E-state index is -0.652. The first kappa shape index (κ1) is 14.7. The molecule has 0 radical (unpaired) electrons. The standard InChI is InChI=1S/C16H12N2O5/c1-23-11-7-5-10(6-8-11)9-17-15(19)12-3-2-4-13(18(21)22)14(12)16(17)20/h2-8H,9H2,1H3. The van der Waals surface area contributed by atoms with E-state index in [1.165, 1.54) is 25.3 Å². The number of imide groups is 1. The third-order valence-corrected chi connectivity index (χ3v) is 3.67. The Hall–Kier alpha value is -3.22. The molecule has 7 heteroatoms. The van der Waals surface area contributed by atoms with Crippen molar-refractivity contribution >= 4 is 17.5 Å². The Morgan fingerprint density at radius 1 is 1.09 bits per heavy atom. The molecule has 0 bridgehead atoms. The zero-order chi connectivity index (χ0) is 16.6. The molecule has 1 aliphatic rings. The first-order chi connectivity index (χ1) is 11.0. The minimum Gasteiger partial charge on any atom is -0.497 e. The quantitative estimate of drug-likeness (QED) is 0.491. The molecule has 0 atom stereocenters. The van der Waals surface area contributed by atoms with Crippen LogP contribution in [-0.4, -0.2) is 28.7 Å². The molecule has 0 aliphatic carbocycles. The normalized spacial score (nSPS) is 13.2. The molecule has 7 nitrogen and oxygen atoms in total. The summed E-state index contributed by atoms with van der Waals surface area (Å²) in [6, 6.07) is 11.0. The molecule has 0 spiro atoms. The van der Waals surface area contributed by atoms with E-state index in [4.69, 9.17) is 4.74 Å². The molecule has 23 heavy (non-hydrogen) atoms. The largest absolute Gasteiger partial charge is 0.497 e. The van der Waals surface area contributed by atoms with Crippen molar-refractivity contribution in [3.05, 3.63) is 69.3 Å². The monoisotopic (exact) mass is 312 g/mol. The number of fused-ring (bicyclic) bond motifs is 1. The Balaban J connectivity index is 1.93. The molecular formula is C16H12N2O5. The molecule has 2 aromatic carbocycles. The predicted molar refractivity (Wildman–Crippen MR) is 80.3 cm³/mol. The zero-order valence-electron chi connectivity index (χ0n) is 12.2. The van der Waals surface area contributed by atoms with Gasteiger partial charge < -0.3 is 4.74 Å². The number of nitro groups is 1. The van der Waals surface area contributed by atoms with E-state index < -0.39 is 16.7 Å². The summed E-state index contributed by atoms with van der Waals surface area (Å²) in [5.74, 6) is -0.510. The van der Waals surface area contributed by atoms with Gasteiger partial charge in [0, 0.05) is 6.07 Å². The van der Waals surface area contributed by atoms with E-state index >= 15 is 0 Å². The summed E-state index contributed by atoms with van der Waals surface area (Å²) in [7, 11) is 1.54. The summed E-state index contributed by atoms with van der Waals surface area (Å²) in [6.07, 6.45) is 0. The lowest BCUT2D eigenvalue weighted by molar-refractivity contribution is -0.385. The van der Waals surface area contributed by atoms with E-state index in [-0.39, 0.29) is 23.4 Å². The highest BCUT2D eigenvalue weighted by Gasteiger charge is 2.40. The molecule has 0 saturated heterocycles. The predicted octanol–water partition coefficient (Wildman–Crippen LogP) is 2.40. The van der Waals surface area contributed by atoms with E-state index in [0.717, 1.165) is 10.5 Å². The molecule has 1 aliphatic heterocycles. The summed E-state index contributed by atoms with van der Waals surface area (Å²) in [4.78, 5) is 36.2. The summed E-state index contributed by atoms with van der Waals surface area (Å²) < 4.78 is 5.05. The van der Waals surface area contributed by atoms with Crippen LogP contribution in [0.1, 0.15) is 26.3 Å². The van der Waals surface area contributed by atoms with Crippen LogP contribution in [0, 0.1) is 10.1 Å². The molecule has 0 saturated carbocycles. The smallest absolute Gasteiger partial charge is 0.282 e. The maximum absolute atomic E-state index is 12.4. The SMILES string of the molecule is COc1ccc(CN2C(=O)c3cccc([N+](=O)[O-])c3C2=O)cc1. The number of carbonyl (C=O) groups is 2. The van der Waals surface area contributed by atoms with Crippen LogP contribution < -0.4 is 4.74 Å². The molecule has 3 rings (SSSR count). The highest BCUT2D eigenvalue weighted by Crippen LogP contribution is 2.31. The van der Waals surface area contributed by atoms with Crippen molar-refractivity contribution in [3.63, 3.8) is 0 Å². The fourth-order valence-corrected chi connectivity index (χ4v) is 2.52. The number of methoxy groups -OCH3 is 1. The van der Waals surface area contributed by atoms with Gasteiger partial charge in [0.15, 0.2) is 0 Å². The lowest BCUT2D eigenvalue weighted by atomic mass is 10.1. The highest BCUT2D eigenvalue weighted by molar-refractivity contribution is 6.23. The van der Waals surface area contributed by atoms with Gasteiger partial charge in [-0.2, -0.15) is 0 Å². The van der Waals surface area contributed by atoms with Gasteiger partial charge in [0.1, 0.15) is 11.3 Å². The van der Waals surface area contributed by atoms with Gasteiger partial charge >= 0.3 is 0 Å². The number of nitro benzene ring substituents is 1. The van der Waals surface area contributed by atoms with Gasteiger partial charge in [0.05, 0.1) is 24.1 Å². The topological polar surface area (TPSA) is 89.8 Å². The first-order valence-electron chi connectivity index (χ1n) is 6.79. The second-order valence-corrected chi connectivity index (χ2v) is 5.00. The fraction of sp³-hybridized carbons (Fsp3) is 0.125. The summed E-state index contributed by atoms with van der Waals surface area (Å²) in [6.45, 7) is 0.0491. The maximum Gasteiger partial charge on any atom is 0.282 e. The number of hydrogen-bond donors (Lipinski definition) is 0. The second kappa shape index (κ2) is 5.53. The molecule has 0 unspecified atom stereocenters. The second-order valence-electron chi connectivity index (χ2n) is 5.00. The third-order valence-electron chi connectivity index (χ3n) is 3.67. The number of rotatable bonds is 4. The molecular weight excluding hydrogens is 300 g/mol. The number of nitrogens with zero attached hydrogens (tertiary/aromatic N) is 2. The lowest BCUT2D eigenvalue weighted by Crippen LogP contribution is -2.29. The Kier molecular flexibility index (Phi) is 3.53. The van der Waals surface area contributed by atoms with Crippen molar-refractivity contribution in [1.82, 2.24) is 4.90 Å². The van der Waals surface area contributed by atoms with Gasteiger partial charge in [-0.1, -0.05) is 18.2 Å². The Morgan fingerprint density at radius 2 is 1.78 bits per heavy atom. The van der Waals surface area contributed by atoms with Crippen LogP contribution in [0.15, 0.2) is 42.5 Å². The van der Waals surface area contributed by atoms with Crippen LogP contribution >= 0.6 is 0 Å². The number of hydrogen-bond acceptors (Lipinski definition) is 5. The van der Waals surface area contributed by atoms with Crippen LogP contribution in [-0.2, 0) is 6.54 Å². The van der Waals surface area contributed by atoms with Gasteiger partial charge in [-0.25, -0.2) is 0 Å². The van der Waals surface area contributed by atoms with Crippen LogP contribution in [0.3, 0.4) is 0 Å². The number of carbonyl (C=O) groups excluding carboxylic acids is 2. The molecule has 0 N–H and O–H groups in total. The van der Waals surface area contributed by atoms with Crippen LogP contribution in [0.4, 0.5) is 5.69 Å². The zero-order valence-corrected chi connectivity index (χ0v) is 12.2. The van der Waals surface area contributed by atoms with Gasteiger partial charge in [-0.05, 0) is 23.8 Å². The number of ether oxygens (including phenoxy) is 1. The van der Waals surface area contributed by atoms with Crippen molar-refractivity contribution in [2.24, 2.45) is 0 Å². The summed E-state index contributed by atoms with van der Waals surface area (Å²) >= 11 is 0. The average molecular weight is 312 g/mol. The van der Waals surface area contributed by atoms with Crippen LogP contribution in [0.25, 0.3) is 0 Å². The minimum absolute atomic E-state index is 0.0491. The first-order valence-corrected chi connectivity index (χ1v) is 6.79. The average Bonchev–Trinajstić information content (AvgIpc) is 2.80. The lowest BCUT2D eigenvalue weighted by Gasteiger charge is -2.13. The van der Waals surface area contributed by atoms with Crippen molar-refractivity contribution in [3.8, 4) is 5.75 Å². The summed E-state index contributed by atoms with van der Waals surface area (Å²) in [5, 5.41) is 11.1. The molecule has 116 valence electrons. The van der Waals surface area contributed by atoms with E-state index in [1.54, 1.807) is 24.3 Å². The number of amides is 2. The molecule has 2 amide bonds. The Bertz CT molecular complexity index is 814. The van der Waals surface area contributed by atoms with Gasteiger partial charge in [-0.3, -0.25) is 24.6 Å². The van der Waals surface area contributed by atoms with Gasteiger partial charge in [-0.15, -0.1) is 0 Å². The van der Waals surface area contributed by atoms with Gasteiger partial charge in [0.25, 0.3) is 17.5 Å². The molecule has 0 aromatic heterocycles. The van der Waals surface area contributed by atoms with Gasteiger partial charge in [0.2, 0.25) is 0 Å². The van der Waals surface area contributed by atoms with Crippen molar-refractivity contribution in [2.75, 3.05) is 7.11 Å². The van der Waals surface area contributed by atoms with Crippen LogP contribution in [0.2, 0.25) is 0 Å². The third kappa shape index (κ3) is 2.42. The summed E-state index contributed by atoms with van der Waals surface area (Å²) in [5.41, 5.74) is 0.301. The van der Waals surface area contributed by atoms with Crippen molar-refractivity contribution < 1.29 is 19.2 Å². The Morgan fingerprint density at radius 3 is 2.39 bits per heavy atom. The van der Waals surface area contributed by atoms with E-state index in [2.05, 4.69) is 0 Å². The molecule has 2 aromatic rings. The van der Waals surface area contributed by atoms with E-state index in [1.807, 2.05) is 0 Å². The highest BCUT2D eigenvalue weighted by atomic mass is 16.6.